The second-order valence-corrected chi connectivity index (χ2v) is 5.09. The Bertz CT molecular complexity index is 570. The van der Waals surface area contributed by atoms with E-state index in [9.17, 15) is 4.79 Å². The van der Waals surface area contributed by atoms with Crippen LogP contribution in [0.25, 0.3) is 0 Å². The maximum absolute atomic E-state index is 10.9. The van der Waals surface area contributed by atoms with Gasteiger partial charge in [-0.05, 0) is 37.0 Å². The van der Waals surface area contributed by atoms with Gasteiger partial charge in [-0.3, -0.25) is 9.80 Å². The van der Waals surface area contributed by atoms with Crippen LogP contribution in [0, 0.1) is 0 Å². The number of carbonyl (C=O) groups excluding carboxylic acids is 1. The number of hydrazine groups is 1. The molecule has 0 aromatic heterocycles. The van der Waals surface area contributed by atoms with Crippen LogP contribution in [-0.2, 0) is 4.79 Å². The van der Waals surface area contributed by atoms with Gasteiger partial charge in [0, 0.05) is 5.70 Å². The topological polar surface area (TPSA) is 70.7 Å². The lowest BCUT2D eigenvalue weighted by Crippen LogP contribution is -2.47. The van der Waals surface area contributed by atoms with Gasteiger partial charge in [-0.15, -0.1) is 6.58 Å². The van der Waals surface area contributed by atoms with Crippen LogP contribution < -0.4 is 11.2 Å². The van der Waals surface area contributed by atoms with E-state index >= 15 is 0 Å². The first-order chi connectivity index (χ1) is 11.1. The van der Waals surface area contributed by atoms with Crippen molar-refractivity contribution in [3.63, 3.8) is 0 Å². The Morgan fingerprint density at radius 1 is 1.35 bits per heavy atom. The Balaban J connectivity index is 2.98. The largest absolute Gasteiger partial charge is 0.329 e. The summed E-state index contributed by atoms with van der Waals surface area (Å²) >= 11 is 0. The highest BCUT2D eigenvalue weighted by Crippen LogP contribution is 2.21. The maximum Gasteiger partial charge on any atom is 0.218 e. The van der Waals surface area contributed by atoms with Gasteiger partial charge in [-0.2, -0.15) is 0 Å². The number of aldehydes is 1. The molecule has 1 heterocycles. The van der Waals surface area contributed by atoms with Crippen molar-refractivity contribution in [2.24, 2.45) is 10.8 Å². The molecule has 3 N–H and O–H groups in total. The van der Waals surface area contributed by atoms with Crippen LogP contribution in [0.15, 0.2) is 65.5 Å². The van der Waals surface area contributed by atoms with Gasteiger partial charge in [0.05, 0.1) is 11.7 Å². The van der Waals surface area contributed by atoms with Crippen molar-refractivity contribution >= 4 is 12.2 Å². The molecule has 1 atom stereocenters. The lowest BCUT2D eigenvalue weighted by Gasteiger charge is -2.22. The summed E-state index contributed by atoms with van der Waals surface area (Å²) in [7, 11) is 0. The fourth-order valence-corrected chi connectivity index (χ4v) is 2.14. The van der Waals surface area contributed by atoms with Gasteiger partial charge in [0.15, 0.2) is 0 Å². The molecule has 124 valence electrons. The summed E-state index contributed by atoms with van der Waals surface area (Å²) in [6.07, 6.45) is 12.1. The second-order valence-electron chi connectivity index (χ2n) is 5.09. The summed E-state index contributed by atoms with van der Waals surface area (Å²) in [5.41, 5.74) is 2.52. The number of guanidine groups is 1. The average molecular weight is 314 g/mol. The van der Waals surface area contributed by atoms with Crippen molar-refractivity contribution in [1.29, 1.82) is 0 Å². The summed E-state index contributed by atoms with van der Waals surface area (Å²) in [5, 5.41) is 4.84. The molecule has 0 saturated heterocycles. The van der Waals surface area contributed by atoms with Crippen molar-refractivity contribution in [3.05, 3.63) is 60.5 Å². The van der Waals surface area contributed by atoms with Crippen LogP contribution in [0.4, 0.5) is 0 Å². The first kappa shape index (κ1) is 18.6. The van der Waals surface area contributed by atoms with Gasteiger partial charge in [0.1, 0.15) is 6.29 Å². The van der Waals surface area contributed by atoms with E-state index in [1.165, 1.54) is 0 Å². The Hall–Kier alpha value is -2.40. The number of hydrogen-bond donors (Lipinski definition) is 2. The zero-order chi connectivity index (χ0) is 17.2. The third-order valence-corrected chi connectivity index (χ3v) is 3.55. The van der Waals surface area contributed by atoms with Crippen LogP contribution in [0.2, 0.25) is 0 Å². The molecule has 0 radical (unpaired) electrons. The van der Waals surface area contributed by atoms with E-state index in [2.05, 4.69) is 23.5 Å². The predicted molar refractivity (Wildman–Crippen MR) is 96.3 cm³/mol. The smallest absolute Gasteiger partial charge is 0.218 e. The highest BCUT2D eigenvalue weighted by molar-refractivity contribution is 5.85. The zero-order valence-electron chi connectivity index (χ0n) is 14.0. The molecule has 1 rings (SSSR count). The first-order valence-corrected chi connectivity index (χ1v) is 7.79. The second kappa shape index (κ2) is 9.58. The van der Waals surface area contributed by atoms with E-state index in [0.717, 1.165) is 29.7 Å². The van der Waals surface area contributed by atoms with E-state index < -0.39 is 0 Å². The molecule has 23 heavy (non-hydrogen) atoms. The van der Waals surface area contributed by atoms with E-state index in [4.69, 9.17) is 5.84 Å². The summed E-state index contributed by atoms with van der Waals surface area (Å²) in [6.45, 7) is 11.4. The van der Waals surface area contributed by atoms with Crippen molar-refractivity contribution in [1.82, 2.24) is 10.3 Å². The third kappa shape index (κ3) is 5.07. The number of hydrogen-bond acceptors (Lipinski definition) is 5. The molecule has 0 bridgehead atoms. The molecule has 0 aromatic rings. The molecule has 0 fully saturated rings. The molecule has 0 aliphatic carbocycles. The first-order valence-electron chi connectivity index (χ1n) is 7.79. The number of rotatable bonds is 8. The number of aliphatic imine (C=N–C) groups is 1. The molecule has 0 aromatic carbocycles. The molecular weight excluding hydrogens is 288 g/mol. The van der Waals surface area contributed by atoms with Crippen LogP contribution in [0.5, 0.6) is 0 Å². The summed E-state index contributed by atoms with van der Waals surface area (Å²) in [4.78, 5) is 15.4. The van der Waals surface area contributed by atoms with Gasteiger partial charge in [-0.1, -0.05) is 38.7 Å². The summed E-state index contributed by atoms with van der Waals surface area (Å²) < 4.78 is 0. The molecule has 1 aliphatic heterocycles. The fraction of sp³-hybridized carbons (Fsp3) is 0.333. The summed E-state index contributed by atoms with van der Waals surface area (Å²) in [5.74, 6) is 6.74. The Labute approximate surface area is 138 Å². The Morgan fingerprint density at radius 2 is 2.09 bits per heavy atom. The molecule has 0 saturated carbocycles. The van der Waals surface area contributed by atoms with E-state index in [-0.39, 0.29) is 6.04 Å². The van der Waals surface area contributed by atoms with Crippen molar-refractivity contribution < 1.29 is 4.79 Å². The lowest BCUT2D eigenvalue weighted by atomic mass is 10.1. The molecule has 5 heteroatoms. The molecule has 1 unspecified atom stereocenters. The van der Waals surface area contributed by atoms with E-state index in [1.807, 2.05) is 38.2 Å². The normalized spacial score (nSPS) is 20.5. The van der Waals surface area contributed by atoms with Crippen molar-refractivity contribution in [2.45, 2.75) is 39.2 Å². The van der Waals surface area contributed by atoms with Crippen LogP contribution >= 0.6 is 0 Å². The van der Waals surface area contributed by atoms with Crippen LogP contribution in [0.3, 0.4) is 0 Å². The highest BCUT2D eigenvalue weighted by Gasteiger charge is 2.28. The fourth-order valence-electron chi connectivity index (χ4n) is 2.14. The van der Waals surface area contributed by atoms with Crippen LogP contribution in [-0.4, -0.2) is 23.3 Å². The van der Waals surface area contributed by atoms with Crippen LogP contribution in [0.1, 0.15) is 33.1 Å². The molecule has 1 aliphatic rings. The molecule has 0 spiro atoms. The van der Waals surface area contributed by atoms with Gasteiger partial charge >= 0.3 is 0 Å². The number of nitrogens with one attached hydrogen (secondary N) is 1. The highest BCUT2D eigenvalue weighted by atomic mass is 16.1. The third-order valence-electron chi connectivity index (χ3n) is 3.55. The van der Waals surface area contributed by atoms with Gasteiger partial charge in [0.25, 0.3) is 0 Å². The standard InChI is InChI=1S/C18H26N4O/c1-5-9-16-17(10-6-2)22(19)18(21-16)20-15(8-4)12-11-14(7-3)13-23/h5-6,9,11-13,17H,1-2,7-8,10,19H2,3-4H3,(H,20,21)/b14-11+,15-12+,16-9+. The minimum atomic E-state index is -0.0529. The van der Waals surface area contributed by atoms with Gasteiger partial charge < -0.3 is 5.32 Å². The minimum Gasteiger partial charge on any atom is -0.329 e. The number of nitrogens with two attached hydrogens (primary N) is 1. The van der Waals surface area contributed by atoms with E-state index in [0.29, 0.717) is 18.8 Å². The monoisotopic (exact) mass is 314 g/mol. The van der Waals surface area contributed by atoms with Crippen molar-refractivity contribution in [2.75, 3.05) is 0 Å². The SMILES string of the molecule is C=C/C=C1/N=C(N/C(=C/C=C(/C=O)CC)CC)N(N)C1CC=C. The number of allylic oxidation sites excluding steroid dienone is 6. The lowest BCUT2D eigenvalue weighted by molar-refractivity contribution is -0.105. The summed E-state index contributed by atoms with van der Waals surface area (Å²) in [6, 6.07) is -0.0529. The molecule has 0 amide bonds. The van der Waals surface area contributed by atoms with Gasteiger partial charge in [0.2, 0.25) is 5.96 Å². The Kier molecular flexibility index (Phi) is 7.77. The average Bonchev–Trinajstić information content (AvgIpc) is 2.84. The zero-order valence-corrected chi connectivity index (χ0v) is 14.0. The maximum atomic E-state index is 10.9. The number of carbonyl (C=O) groups is 1. The molecular formula is C18H26N4O. The minimum absolute atomic E-state index is 0.0529. The quantitative estimate of drug-likeness (QED) is 0.237. The van der Waals surface area contributed by atoms with Crippen molar-refractivity contribution in [3.8, 4) is 0 Å². The number of nitrogens with zero attached hydrogens (tertiary/aromatic N) is 2. The Morgan fingerprint density at radius 3 is 2.61 bits per heavy atom. The van der Waals surface area contributed by atoms with E-state index in [1.54, 1.807) is 11.1 Å². The molecule has 5 nitrogen and oxygen atoms in total. The predicted octanol–water partition coefficient (Wildman–Crippen LogP) is 2.97. The van der Waals surface area contributed by atoms with Gasteiger partial charge in [-0.25, -0.2) is 10.8 Å².